The van der Waals surface area contributed by atoms with Crippen molar-refractivity contribution in [1.82, 2.24) is 9.97 Å². The van der Waals surface area contributed by atoms with Crippen LogP contribution in [0.2, 0.25) is 5.02 Å². The molecule has 2 aromatic heterocycles. The molecule has 6 nitrogen and oxygen atoms in total. The smallest absolute Gasteiger partial charge is 0.272 e. The maximum absolute atomic E-state index is 12.6. The lowest BCUT2D eigenvalue weighted by molar-refractivity contribution is 0.102. The second-order valence-corrected chi connectivity index (χ2v) is 6.72. The van der Waals surface area contributed by atoms with Crippen LogP contribution in [0.4, 0.5) is 5.69 Å². The molecule has 0 bridgehead atoms. The van der Waals surface area contributed by atoms with Crippen LogP contribution in [0, 0.1) is 0 Å². The summed E-state index contributed by atoms with van der Waals surface area (Å²) in [4.78, 5) is 31.5. The molecule has 7 heteroatoms. The third-order valence-corrected chi connectivity index (χ3v) is 4.58. The van der Waals surface area contributed by atoms with Gasteiger partial charge in [0.1, 0.15) is 18.1 Å². The number of amides is 1. The van der Waals surface area contributed by atoms with E-state index < -0.39 is 5.91 Å². The molecular weight excluding hydrogens is 390 g/mol. The Morgan fingerprint density at radius 2 is 1.90 bits per heavy atom. The number of nitrogens with zero attached hydrogens (tertiary/aromatic N) is 1. The normalized spacial score (nSPS) is 10.7. The minimum Gasteiger partial charge on any atom is -0.486 e. The van der Waals surface area contributed by atoms with Crippen LogP contribution in [0.5, 0.6) is 5.75 Å². The molecule has 0 aliphatic heterocycles. The molecule has 144 valence electrons. The van der Waals surface area contributed by atoms with E-state index in [1.165, 1.54) is 0 Å². The summed E-state index contributed by atoms with van der Waals surface area (Å²) < 4.78 is 5.68. The first kappa shape index (κ1) is 18.7. The van der Waals surface area contributed by atoms with Crippen molar-refractivity contribution < 1.29 is 9.53 Å². The Morgan fingerprint density at radius 3 is 2.69 bits per heavy atom. The molecular formula is C22H16ClN3O3. The second kappa shape index (κ2) is 8.16. The fraction of sp³-hybridized carbons (Fsp3) is 0.0455. The number of H-pyrrole nitrogens is 1. The molecule has 0 aliphatic carbocycles. The molecule has 0 fully saturated rings. The van der Waals surface area contributed by atoms with E-state index in [-0.39, 0.29) is 17.9 Å². The van der Waals surface area contributed by atoms with Gasteiger partial charge in [-0.1, -0.05) is 35.9 Å². The molecule has 0 aliphatic rings. The summed E-state index contributed by atoms with van der Waals surface area (Å²) in [5, 5.41) is 4.30. The maximum Gasteiger partial charge on any atom is 0.272 e. The number of hydrogen-bond donors (Lipinski definition) is 2. The average Bonchev–Trinajstić information content (AvgIpc) is 2.74. The minimum atomic E-state index is -0.439. The fourth-order valence-electron chi connectivity index (χ4n) is 2.86. The van der Waals surface area contributed by atoms with Crippen molar-refractivity contribution in [1.29, 1.82) is 0 Å². The van der Waals surface area contributed by atoms with E-state index in [0.717, 1.165) is 5.69 Å². The van der Waals surface area contributed by atoms with Gasteiger partial charge < -0.3 is 15.0 Å². The highest BCUT2D eigenvalue weighted by Gasteiger charge is 2.11. The van der Waals surface area contributed by atoms with Gasteiger partial charge in [0.25, 0.3) is 11.5 Å². The minimum absolute atomic E-state index is 0.167. The number of halogens is 1. The molecule has 0 atom stereocenters. The van der Waals surface area contributed by atoms with Gasteiger partial charge in [-0.15, -0.1) is 0 Å². The number of rotatable bonds is 5. The van der Waals surface area contributed by atoms with Crippen molar-refractivity contribution in [2.24, 2.45) is 0 Å². The Hall–Kier alpha value is -3.64. The molecule has 2 aromatic carbocycles. The molecule has 2 N–H and O–H groups in total. The van der Waals surface area contributed by atoms with E-state index in [9.17, 15) is 9.59 Å². The van der Waals surface area contributed by atoms with Crippen LogP contribution < -0.4 is 15.6 Å². The van der Waals surface area contributed by atoms with Crippen LogP contribution in [0.1, 0.15) is 16.2 Å². The summed E-state index contributed by atoms with van der Waals surface area (Å²) in [5.41, 5.74) is 1.12. The molecule has 4 rings (SSSR count). The van der Waals surface area contributed by atoms with E-state index >= 15 is 0 Å². The van der Waals surface area contributed by atoms with Gasteiger partial charge in [-0.25, -0.2) is 0 Å². The molecule has 1 amide bonds. The SMILES string of the molecule is O=C(Nc1ccc(OCc2ccccn2)c(Cl)c1)c1cc2ccccc2c(=O)[nH]1. The van der Waals surface area contributed by atoms with Gasteiger partial charge in [-0.2, -0.15) is 0 Å². The van der Waals surface area contributed by atoms with Crippen molar-refractivity contribution in [3.63, 3.8) is 0 Å². The summed E-state index contributed by atoms with van der Waals surface area (Å²) in [7, 11) is 0. The first-order valence-electron chi connectivity index (χ1n) is 8.86. The molecule has 0 saturated heterocycles. The third kappa shape index (κ3) is 4.28. The summed E-state index contributed by atoms with van der Waals surface area (Å²) >= 11 is 6.27. The highest BCUT2D eigenvalue weighted by Crippen LogP contribution is 2.28. The summed E-state index contributed by atoms with van der Waals surface area (Å²) in [6.45, 7) is 0.282. The van der Waals surface area contributed by atoms with Crippen LogP contribution in [0.25, 0.3) is 10.8 Å². The number of carbonyl (C=O) groups is 1. The zero-order chi connectivity index (χ0) is 20.2. The Bertz CT molecular complexity index is 1240. The topological polar surface area (TPSA) is 84.1 Å². The average molecular weight is 406 g/mol. The van der Waals surface area contributed by atoms with Gasteiger partial charge in [0.15, 0.2) is 0 Å². The number of ether oxygens (including phenoxy) is 1. The van der Waals surface area contributed by atoms with E-state index in [1.807, 2.05) is 24.3 Å². The molecule has 2 heterocycles. The lowest BCUT2D eigenvalue weighted by atomic mass is 10.1. The Morgan fingerprint density at radius 1 is 1.07 bits per heavy atom. The molecule has 0 spiro atoms. The predicted octanol–water partition coefficient (Wildman–Crippen LogP) is 4.41. The van der Waals surface area contributed by atoms with Gasteiger partial charge >= 0.3 is 0 Å². The number of benzene rings is 2. The monoisotopic (exact) mass is 405 g/mol. The van der Waals surface area contributed by atoms with Crippen molar-refractivity contribution in [2.75, 3.05) is 5.32 Å². The van der Waals surface area contributed by atoms with Gasteiger partial charge in [-0.05, 0) is 47.9 Å². The zero-order valence-corrected chi connectivity index (χ0v) is 15.9. The lowest BCUT2D eigenvalue weighted by Gasteiger charge is -2.10. The van der Waals surface area contributed by atoms with Crippen LogP contribution in [-0.2, 0) is 6.61 Å². The highest BCUT2D eigenvalue weighted by atomic mass is 35.5. The molecule has 0 unspecified atom stereocenters. The Kier molecular flexibility index (Phi) is 5.27. The van der Waals surface area contributed by atoms with Crippen molar-refractivity contribution in [3.05, 3.63) is 99.7 Å². The van der Waals surface area contributed by atoms with E-state index in [0.29, 0.717) is 27.2 Å². The fourth-order valence-corrected chi connectivity index (χ4v) is 3.10. The van der Waals surface area contributed by atoms with Gasteiger partial charge in [0.2, 0.25) is 0 Å². The highest BCUT2D eigenvalue weighted by molar-refractivity contribution is 6.32. The summed E-state index contributed by atoms with van der Waals surface area (Å²) in [6, 6.07) is 19.2. The van der Waals surface area contributed by atoms with Crippen molar-refractivity contribution in [3.8, 4) is 5.75 Å². The first-order chi connectivity index (χ1) is 14.1. The third-order valence-electron chi connectivity index (χ3n) is 4.29. The number of pyridine rings is 2. The second-order valence-electron chi connectivity index (χ2n) is 6.31. The Balaban J connectivity index is 1.49. The number of carbonyl (C=O) groups excluding carboxylic acids is 1. The predicted molar refractivity (Wildman–Crippen MR) is 113 cm³/mol. The van der Waals surface area contributed by atoms with Gasteiger partial charge in [0.05, 0.1) is 10.7 Å². The number of anilines is 1. The van der Waals surface area contributed by atoms with Crippen molar-refractivity contribution in [2.45, 2.75) is 6.61 Å². The van der Waals surface area contributed by atoms with Crippen molar-refractivity contribution >= 4 is 34.0 Å². The summed E-state index contributed by atoms with van der Waals surface area (Å²) in [5.74, 6) is 0.0421. The van der Waals surface area contributed by atoms with Crippen LogP contribution >= 0.6 is 11.6 Å². The standard InChI is InChI=1S/C22H16ClN3O3/c23-18-12-15(8-9-20(18)29-13-16-6-3-4-10-24-16)25-22(28)19-11-14-5-1-2-7-17(14)21(27)26-19/h1-12H,13H2,(H,25,28)(H,26,27). The van der Waals surface area contributed by atoms with E-state index in [4.69, 9.17) is 16.3 Å². The van der Waals surface area contributed by atoms with Crippen LogP contribution in [0.15, 0.2) is 77.7 Å². The molecule has 4 aromatic rings. The van der Waals surface area contributed by atoms with Gasteiger partial charge in [0, 0.05) is 17.3 Å². The number of fused-ring (bicyclic) bond motifs is 1. The molecule has 0 saturated carbocycles. The largest absolute Gasteiger partial charge is 0.486 e. The quantitative estimate of drug-likeness (QED) is 0.515. The number of aromatic nitrogens is 2. The zero-order valence-electron chi connectivity index (χ0n) is 15.2. The maximum atomic E-state index is 12.6. The summed E-state index contributed by atoms with van der Waals surface area (Å²) in [6.07, 6.45) is 1.69. The molecule has 29 heavy (non-hydrogen) atoms. The molecule has 0 radical (unpaired) electrons. The Labute approximate surface area is 171 Å². The number of hydrogen-bond acceptors (Lipinski definition) is 4. The van der Waals surface area contributed by atoms with E-state index in [1.54, 1.807) is 48.7 Å². The first-order valence-corrected chi connectivity index (χ1v) is 9.23. The van der Waals surface area contributed by atoms with Crippen LogP contribution in [0.3, 0.4) is 0 Å². The number of nitrogens with one attached hydrogen (secondary N) is 2. The van der Waals surface area contributed by atoms with E-state index in [2.05, 4.69) is 15.3 Å². The lowest BCUT2D eigenvalue weighted by Crippen LogP contribution is -2.18. The number of aromatic amines is 1. The van der Waals surface area contributed by atoms with Crippen LogP contribution in [-0.4, -0.2) is 15.9 Å². The van der Waals surface area contributed by atoms with Gasteiger partial charge in [-0.3, -0.25) is 14.6 Å².